The molecule has 0 aliphatic heterocycles. The number of ether oxygens (including phenoxy) is 2. The highest BCUT2D eigenvalue weighted by Crippen LogP contribution is 2.42. The standard InChI is InChI=1S/C24H24N2O5/c1-30-19-12-8-17(9-13-19)24(29,18-10-14-20(31-2)15-11-18)21(26-23(28)22(25)27)16-6-4-3-5-7-16/h3-15,21,29H,1-2H3,(H2,25,27)(H,26,28)/t21-/m1/s1. The number of aliphatic hydroxyl groups is 1. The molecule has 3 aromatic carbocycles. The molecule has 7 nitrogen and oxygen atoms in total. The van der Waals surface area contributed by atoms with Gasteiger partial charge in [0.15, 0.2) is 0 Å². The summed E-state index contributed by atoms with van der Waals surface area (Å²) in [4.78, 5) is 23.8. The summed E-state index contributed by atoms with van der Waals surface area (Å²) in [5.41, 5.74) is 5.00. The number of carbonyl (C=O) groups is 2. The smallest absolute Gasteiger partial charge is 0.309 e. The zero-order valence-electron chi connectivity index (χ0n) is 17.2. The minimum Gasteiger partial charge on any atom is -0.497 e. The van der Waals surface area contributed by atoms with E-state index in [-0.39, 0.29) is 0 Å². The molecule has 0 heterocycles. The zero-order chi connectivity index (χ0) is 22.4. The Balaban J connectivity index is 2.23. The Labute approximate surface area is 180 Å². The molecule has 3 rings (SSSR count). The van der Waals surface area contributed by atoms with E-state index >= 15 is 0 Å². The van der Waals surface area contributed by atoms with Gasteiger partial charge in [-0.15, -0.1) is 0 Å². The highest BCUT2D eigenvalue weighted by Gasteiger charge is 2.43. The fourth-order valence-electron chi connectivity index (χ4n) is 3.47. The van der Waals surface area contributed by atoms with Gasteiger partial charge in [0.2, 0.25) is 0 Å². The first-order chi connectivity index (χ1) is 14.9. The van der Waals surface area contributed by atoms with Crippen LogP contribution in [0.4, 0.5) is 0 Å². The number of rotatable bonds is 7. The van der Waals surface area contributed by atoms with Gasteiger partial charge in [0.05, 0.1) is 20.3 Å². The highest BCUT2D eigenvalue weighted by atomic mass is 16.5. The maximum atomic E-state index is 12.3. The first kappa shape index (κ1) is 21.9. The van der Waals surface area contributed by atoms with Crippen LogP contribution < -0.4 is 20.5 Å². The first-order valence-corrected chi connectivity index (χ1v) is 9.56. The molecule has 160 valence electrons. The molecule has 4 N–H and O–H groups in total. The second kappa shape index (κ2) is 9.32. The fourth-order valence-corrected chi connectivity index (χ4v) is 3.47. The Morgan fingerprint density at radius 3 is 1.68 bits per heavy atom. The largest absolute Gasteiger partial charge is 0.497 e. The summed E-state index contributed by atoms with van der Waals surface area (Å²) < 4.78 is 10.5. The van der Waals surface area contributed by atoms with Crippen LogP contribution in [0, 0.1) is 0 Å². The van der Waals surface area contributed by atoms with Gasteiger partial charge in [-0.05, 0) is 41.0 Å². The van der Waals surface area contributed by atoms with Gasteiger partial charge in [-0.2, -0.15) is 0 Å². The number of nitrogens with one attached hydrogen (secondary N) is 1. The summed E-state index contributed by atoms with van der Waals surface area (Å²) in [5.74, 6) is -0.932. The van der Waals surface area contributed by atoms with Crippen molar-refractivity contribution in [2.75, 3.05) is 14.2 Å². The average molecular weight is 420 g/mol. The monoisotopic (exact) mass is 420 g/mol. The van der Waals surface area contributed by atoms with Crippen LogP contribution in [-0.4, -0.2) is 31.1 Å². The molecule has 7 heteroatoms. The summed E-state index contributed by atoms with van der Waals surface area (Å²) in [6.07, 6.45) is 0. The fraction of sp³-hybridized carbons (Fsp3) is 0.167. The van der Waals surface area contributed by atoms with Crippen LogP contribution in [0.1, 0.15) is 22.7 Å². The van der Waals surface area contributed by atoms with E-state index in [2.05, 4.69) is 5.32 Å². The number of amides is 2. The minimum absolute atomic E-state index is 0.483. The Morgan fingerprint density at radius 1 is 0.839 bits per heavy atom. The minimum atomic E-state index is -1.75. The summed E-state index contributed by atoms with van der Waals surface area (Å²) >= 11 is 0. The molecular formula is C24H24N2O5. The molecule has 2 amide bonds. The molecular weight excluding hydrogens is 396 g/mol. The molecule has 3 aromatic rings. The molecule has 0 aromatic heterocycles. The molecule has 0 aliphatic rings. The van der Waals surface area contributed by atoms with Crippen molar-refractivity contribution in [1.29, 1.82) is 0 Å². The maximum absolute atomic E-state index is 12.3. The quantitative estimate of drug-likeness (QED) is 0.508. The summed E-state index contributed by atoms with van der Waals surface area (Å²) in [7, 11) is 3.09. The predicted octanol–water partition coefficient (Wildman–Crippen LogP) is 2.28. The Morgan fingerprint density at radius 2 is 1.29 bits per heavy atom. The second-order valence-corrected chi connectivity index (χ2v) is 6.90. The predicted molar refractivity (Wildman–Crippen MR) is 116 cm³/mol. The summed E-state index contributed by atoms with van der Waals surface area (Å²) in [6.45, 7) is 0. The van der Waals surface area contributed by atoms with Gasteiger partial charge >= 0.3 is 11.8 Å². The molecule has 0 aliphatic carbocycles. The van der Waals surface area contributed by atoms with Crippen LogP contribution in [0.3, 0.4) is 0 Å². The topological polar surface area (TPSA) is 111 Å². The Bertz CT molecular complexity index is 986. The maximum Gasteiger partial charge on any atom is 0.309 e. The molecule has 0 fully saturated rings. The van der Waals surface area contributed by atoms with Crippen molar-refractivity contribution in [3.8, 4) is 11.5 Å². The van der Waals surface area contributed by atoms with E-state index in [0.717, 1.165) is 0 Å². The van der Waals surface area contributed by atoms with E-state index in [9.17, 15) is 14.7 Å². The van der Waals surface area contributed by atoms with Crippen molar-refractivity contribution < 1.29 is 24.2 Å². The van der Waals surface area contributed by atoms with Crippen LogP contribution in [-0.2, 0) is 15.2 Å². The molecule has 0 unspecified atom stereocenters. The molecule has 0 saturated carbocycles. The summed E-state index contributed by atoms with van der Waals surface area (Å²) in [5, 5.41) is 14.8. The summed E-state index contributed by atoms with van der Waals surface area (Å²) in [6, 6.07) is 21.5. The van der Waals surface area contributed by atoms with Gasteiger partial charge < -0.3 is 25.6 Å². The van der Waals surface area contributed by atoms with Gasteiger partial charge in [-0.3, -0.25) is 9.59 Å². The number of primary amides is 1. The second-order valence-electron chi connectivity index (χ2n) is 6.90. The molecule has 0 saturated heterocycles. The molecule has 0 bridgehead atoms. The van der Waals surface area contributed by atoms with Crippen LogP contribution in [0.25, 0.3) is 0 Å². The molecule has 1 atom stereocenters. The Kier molecular flexibility index (Phi) is 6.57. The normalized spacial score (nSPS) is 12.0. The van der Waals surface area contributed by atoms with Gasteiger partial charge in [0.1, 0.15) is 17.1 Å². The van der Waals surface area contributed by atoms with E-state index in [0.29, 0.717) is 28.2 Å². The number of hydrogen-bond donors (Lipinski definition) is 3. The number of carbonyl (C=O) groups excluding carboxylic acids is 2. The number of nitrogens with two attached hydrogens (primary N) is 1. The van der Waals surface area contributed by atoms with E-state index < -0.39 is 23.5 Å². The number of methoxy groups -OCH3 is 2. The Hall–Kier alpha value is -3.84. The van der Waals surface area contributed by atoms with E-state index in [1.54, 1.807) is 87.0 Å². The lowest BCUT2D eigenvalue weighted by Crippen LogP contribution is -2.48. The van der Waals surface area contributed by atoms with E-state index in [1.165, 1.54) is 0 Å². The van der Waals surface area contributed by atoms with Gasteiger partial charge in [-0.1, -0.05) is 54.6 Å². The van der Waals surface area contributed by atoms with Crippen molar-refractivity contribution in [2.45, 2.75) is 11.6 Å². The van der Waals surface area contributed by atoms with Crippen LogP contribution in [0.5, 0.6) is 11.5 Å². The molecule has 0 radical (unpaired) electrons. The number of benzene rings is 3. The van der Waals surface area contributed by atoms with Crippen molar-refractivity contribution in [2.24, 2.45) is 5.73 Å². The lowest BCUT2D eigenvalue weighted by Gasteiger charge is -2.38. The lowest BCUT2D eigenvalue weighted by molar-refractivity contribution is -0.138. The third-order valence-electron chi connectivity index (χ3n) is 5.11. The SMILES string of the molecule is COc1ccc(C(O)(c2ccc(OC)cc2)[C@H](NC(=O)C(N)=O)c2ccccc2)cc1. The van der Waals surface area contributed by atoms with Crippen molar-refractivity contribution >= 4 is 11.8 Å². The molecule has 31 heavy (non-hydrogen) atoms. The average Bonchev–Trinajstić information content (AvgIpc) is 2.82. The van der Waals surface area contributed by atoms with Crippen LogP contribution in [0.2, 0.25) is 0 Å². The van der Waals surface area contributed by atoms with Crippen LogP contribution in [0.15, 0.2) is 78.9 Å². The van der Waals surface area contributed by atoms with Gasteiger partial charge in [0, 0.05) is 0 Å². The van der Waals surface area contributed by atoms with Crippen molar-refractivity contribution in [1.82, 2.24) is 5.32 Å². The van der Waals surface area contributed by atoms with Crippen LogP contribution >= 0.6 is 0 Å². The molecule has 0 spiro atoms. The van der Waals surface area contributed by atoms with Crippen molar-refractivity contribution in [3.05, 3.63) is 95.6 Å². The third-order valence-corrected chi connectivity index (χ3v) is 5.11. The number of hydrogen-bond acceptors (Lipinski definition) is 5. The highest BCUT2D eigenvalue weighted by molar-refractivity contribution is 6.34. The first-order valence-electron chi connectivity index (χ1n) is 9.56. The van der Waals surface area contributed by atoms with E-state index in [1.807, 2.05) is 6.07 Å². The van der Waals surface area contributed by atoms with Gasteiger partial charge in [-0.25, -0.2) is 0 Å². The zero-order valence-corrected chi connectivity index (χ0v) is 17.2. The third kappa shape index (κ3) is 4.51. The van der Waals surface area contributed by atoms with Crippen molar-refractivity contribution in [3.63, 3.8) is 0 Å². The lowest BCUT2D eigenvalue weighted by atomic mass is 9.77. The van der Waals surface area contributed by atoms with Gasteiger partial charge in [0.25, 0.3) is 0 Å². The van der Waals surface area contributed by atoms with E-state index in [4.69, 9.17) is 15.2 Å².